The first-order valence-electron chi connectivity index (χ1n) is 5.99. The molecule has 1 aromatic rings. The van der Waals surface area contributed by atoms with Crippen LogP contribution in [0.1, 0.15) is 12.5 Å². The normalized spacial score (nSPS) is 12.3. The fourth-order valence-corrected chi connectivity index (χ4v) is 1.55. The van der Waals surface area contributed by atoms with E-state index in [0.29, 0.717) is 12.2 Å². The minimum Gasteiger partial charge on any atom is -0.478 e. The first-order chi connectivity index (χ1) is 9.02. The molecule has 1 atom stereocenters. The second-order valence-electron chi connectivity index (χ2n) is 4.25. The van der Waals surface area contributed by atoms with Crippen molar-refractivity contribution in [1.29, 1.82) is 0 Å². The van der Waals surface area contributed by atoms with Gasteiger partial charge in [-0.2, -0.15) is 0 Å². The molecular formula is C14H18N2O3. The number of carboxylic acids is 1. The molecule has 5 heteroatoms. The van der Waals surface area contributed by atoms with Crippen LogP contribution in [0.3, 0.4) is 0 Å². The Morgan fingerprint density at radius 3 is 2.79 bits per heavy atom. The van der Waals surface area contributed by atoms with Crippen molar-refractivity contribution in [2.45, 2.75) is 6.92 Å². The van der Waals surface area contributed by atoms with E-state index in [0.717, 1.165) is 11.6 Å². The maximum absolute atomic E-state index is 11.8. The van der Waals surface area contributed by atoms with Gasteiger partial charge in [-0.05, 0) is 30.8 Å². The molecular weight excluding hydrogens is 244 g/mol. The number of carbonyl (C=O) groups excluding carboxylic acids is 1. The number of hydrogen-bond acceptors (Lipinski definition) is 3. The zero-order valence-electron chi connectivity index (χ0n) is 11.0. The molecule has 1 rings (SSSR count). The molecule has 0 saturated carbocycles. The smallest absolute Gasteiger partial charge is 0.328 e. The van der Waals surface area contributed by atoms with Gasteiger partial charge in [-0.25, -0.2) is 4.79 Å². The lowest BCUT2D eigenvalue weighted by atomic mass is 10.1. The molecule has 0 aliphatic rings. The third-order valence-electron chi connectivity index (χ3n) is 2.53. The summed E-state index contributed by atoms with van der Waals surface area (Å²) in [5, 5.41) is 14.3. The average molecular weight is 262 g/mol. The van der Waals surface area contributed by atoms with Crippen molar-refractivity contribution >= 4 is 23.6 Å². The van der Waals surface area contributed by atoms with E-state index in [1.54, 1.807) is 31.3 Å². The molecule has 102 valence electrons. The zero-order chi connectivity index (χ0) is 14.3. The summed E-state index contributed by atoms with van der Waals surface area (Å²) in [4.78, 5) is 22.2. The molecule has 0 fully saturated rings. The number of rotatable bonds is 6. The predicted octanol–water partition coefficient (Wildman–Crippen LogP) is 1.58. The SMILES string of the molecule is CNCC(C)C(=O)Nc1cccc(/C=C/C(=O)O)c1. The van der Waals surface area contributed by atoms with Gasteiger partial charge in [-0.3, -0.25) is 4.79 Å². The van der Waals surface area contributed by atoms with E-state index >= 15 is 0 Å². The molecule has 0 aliphatic heterocycles. The first-order valence-corrected chi connectivity index (χ1v) is 5.99. The van der Waals surface area contributed by atoms with E-state index in [9.17, 15) is 9.59 Å². The predicted molar refractivity (Wildman–Crippen MR) is 74.8 cm³/mol. The number of carboxylic acid groups (broad SMARTS) is 1. The van der Waals surface area contributed by atoms with Gasteiger partial charge in [-0.1, -0.05) is 19.1 Å². The monoisotopic (exact) mass is 262 g/mol. The molecule has 0 heterocycles. The summed E-state index contributed by atoms with van der Waals surface area (Å²) in [6.07, 6.45) is 2.54. The van der Waals surface area contributed by atoms with E-state index in [-0.39, 0.29) is 11.8 Å². The number of anilines is 1. The number of aliphatic carboxylic acids is 1. The van der Waals surface area contributed by atoms with Crippen LogP contribution in [0.2, 0.25) is 0 Å². The van der Waals surface area contributed by atoms with Crippen LogP contribution < -0.4 is 10.6 Å². The first kappa shape index (κ1) is 14.9. The highest BCUT2D eigenvalue weighted by atomic mass is 16.4. The quantitative estimate of drug-likeness (QED) is 0.680. The Bertz CT molecular complexity index is 483. The molecule has 0 spiro atoms. The van der Waals surface area contributed by atoms with Gasteiger partial charge in [0.25, 0.3) is 0 Å². The number of amides is 1. The van der Waals surface area contributed by atoms with Crippen LogP contribution in [0.4, 0.5) is 5.69 Å². The summed E-state index contributed by atoms with van der Waals surface area (Å²) < 4.78 is 0. The molecule has 0 saturated heterocycles. The van der Waals surface area contributed by atoms with Crippen LogP contribution in [0.15, 0.2) is 30.3 Å². The Kier molecular flexibility index (Phi) is 5.75. The zero-order valence-corrected chi connectivity index (χ0v) is 11.0. The Labute approximate surface area is 112 Å². The topological polar surface area (TPSA) is 78.4 Å². The minimum atomic E-state index is -1.00. The molecule has 1 aromatic carbocycles. The highest BCUT2D eigenvalue weighted by molar-refractivity contribution is 5.93. The van der Waals surface area contributed by atoms with Crippen molar-refractivity contribution in [3.63, 3.8) is 0 Å². The van der Waals surface area contributed by atoms with Crippen molar-refractivity contribution in [3.05, 3.63) is 35.9 Å². The summed E-state index contributed by atoms with van der Waals surface area (Å²) in [6, 6.07) is 7.03. The molecule has 0 bridgehead atoms. The molecule has 1 unspecified atom stereocenters. The molecule has 19 heavy (non-hydrogen) atoms. The van der Waals surface area contributed by atoms with E-state index in [1.807, 2.05) is 6.92 Å². The number of benzene rings is 1. The van der Waals surface area contributed by atoms with E-state index in [1.165, 1.54) is 6.08 Å². The van der Waals surface area contributed by atoms with Gasteiger partial charge in [-0.15, -0.1) is 0 Å². The molecule has 1 amide bonds. The lowest BCUT2D eigenvalue weighted by Crippen LogP contribution is -2.28. The third-order valence-corrected chi connectivity index (χ3v) is 2.53. The summed E-state index contributed by atoms with van der Waals surface area (Å²) in [6.45, 7) is 2.43. The van der Waals surface area contributed by atoms with Gasteiger partial charge >= 0.3 is 5.97 Å². The molecule has 5 nitrogen and oxygen atoms in total. The highest BCUT2D eigenvalue weighted by Gasteiger charge is 2.11. The van der Waals surface area contributed by atoms with Gasteiger partial charge < -0.3 is 15.7 Å². The second kappa shape index (κ2) is 7.33. The van der Waals surface area contributed by atoms with Crippen molar-refractivity contribution in [2.24, 2.45) is 5.92 Å². The Balaban J connectivity index is 2.72. The van der Waals surface area contributed by atoms with Gasteiger partial charge in [0.2, 0.25) is 5.91 Å². The van der Waals surface area contributed by atoms with Gasteiger partial charge in [0.05, 0.1) is 0 Å². The lowest BCUT2D eigenvalue weighted by Gasteiger charge is -2.11. The maximum Gasteiger partial charge on any atom is 0.328 e. The van der Waals surface area contributed by atoms with Crippen LogP contribution in [0, 0.1) is 5.92 Å². The Morgan fingerprint density at radius 1 is 1.42 bits per heavy atom. The second-order valence-corrected chi connectivity index (χ2v) is 4.25. The van der Waals surface area contributed by atoms with Gasteiger partial charge in [0.15, 0.2) is 0 Å². The fourth-order valence-electron chi connectivity index (χ4n) is 1.55. The van der Waals surface area contributed by atoms with Crippen molar-refractivity contribution in [3.8, 4) is 0 Å². The average Bonchev–Trinajstić information content (AvgIpc) is 2.37. The Morgan fingerprint density at radius 2 is 2.16 bits per heavy atom. The number of hydrogen-bond donors (Lipinski definition) is 3. The summed E-state index contributed by atoms with van der Waals surface area (Å²) >= 11 is 0. The van der Waals surface area contributed by atoms with Crippen molar-refractivity contribution in [2.75, 3.05) is 18.9 Å². The standard InChI is InChI=1S/C14H18N2O3/c1-10(9-15-2)14(19)16-12-5-3-4-11(8-12)6-7-13(17)18/h3-8,10,15H,9H2,1-2H3,(H,16,19)(H,17,18)/b7-6+. The molecule has 0 radical (unpaired) electrons. The van der Waals surface area contributed by atoms with Crippen molar-refractivity contribution < 1.29 is 14.7 Å². The minimum absolute atomic E-state index is 0.0753. The molecule has 3 N–H and O–H groups in total. The van der Waals surface area contributed by atoms with Crippen LogP contribution in [-0.2, 0) is 9.59 Å². The summed E-state index contributed by atoms with van der Waals surface area (Å²) in [5.74, 6) is -1.21. The number of nitrogens with one attached hydrogen (secondary N) is 2. The van der Waals surface area contributed by atoms with Crippen LogP contribution in [0.25, 0.3) is 6.08 Å². The highest BCUT2D eigenvalue weighted by Crippen LogP contribution is 2.13. The van der Waals surface area contributed by atoms with E-state index in [4.69, 9.17) is 5.11 Å². The number of carbonyl (C=O) groups is 2. The fraction of sp³-hybridized carbons (Fsp3) is 0.286. The Hall–Kier alpha value is -2.14. The molecule has 0 aliphatic carbocycles. The summed E-state index contributed by atoms with van der Waals surface area (Å²) in [5.41, 5.74) is 1.38. The van der Waals surface area contributed by atoms with E-state index < -0.39 is 5.97 Å². The maximum atomic E-state index is 11.8. The van der Waals surface area contributed by atoms with Crippen LogP contribution in [0.5, 0.6) is 0 Å². The third kappa shape index (κ3) is 5.35. The van der Waals surface area contributed by atoms with E-state index in [2.05, 4.69) is 10.6 Å². The van der Waals surface area contributed by atoms with Crippen LogP contribution >= 0.6 is 0 Å². The molecule has 0 aromatic heterocycles. The lowest BCUT2D eigenvalue weighted by molar-refractivity contribution is -0.131. The van der Waals surface area contributed by atoms with Gasteiger partial charge in [0.1, 0.15) is 0 Å². The van der Waals surface area contributed by atoms with Crippen molar-refractivity contribution in [1.82, 2.24) is 5.32 Å². The largest absolute Gasteiger partial charge is 0.478 e. The van der Waals surface area contributed by atoms with Gasteiger partial charge in [0, 0.05) is 24.2 Å². The van der Waals surface area contributed by atoms with Crippen LogP contribution in [-0.4, -0.2) is 30.6 Å². The summed E-state index contributed by atoms with van der Waals surface area (Å²) in [7, 11) is 1.79.